The monoisotopic (exact) mass is 215 g/mol. The summed E-state index contributed by atoms with van der Waals surface area (Å²) in [6.07, 6.45) is 1.05. The lowest BCUT2D eigenvalue weighted by atomic mass is 10.1. The van der Waals surface area contributed by atoms with Gasteiger partial charge in [0.1, 0.15) is 0 Å². The molecular formula is C10H21N3O2. The van der Waals surface area contributed by atoms with Gasteiger partial charge in [0.15, 0.2) is 0 Å². The minimum Gasteiger partial charge on any atom is -0.356 e. The number of hydrogen-bond donors (Lipinski definition) is 3. The van der Waals surface area contributed by atoms with E-state index < -0.39 is 0 Å². The van der Waals surface area contributed by atoms with Gasteiger partial charge in [-0.2, -0.15) is 0 Å². The summed E-state index contributed by atoms with van der Waals surface area (Å²) < 4.78 is 0. The molecule has 5 nitrogen and oxygen atoms in total. The molecular weight excluding hydrogens is 194 g/mol. The molecule has 0 bridgehead atoms. The molecule has 1 unspecified atom stereocenters. The second kappa shape index (κ2) is 8.23. The average molecular weight is 215 g/mol. The zero-order chi connectivity index (χ0) is 11.7. The second-order valence-electron chi connectivity index (χ2n) is 3.34. The molecule has 0 aliphatic rings. The summed E-state index contributed by atoms with van der Waals surface area (Å²) in [5.41, 5.74) is 5.42. The molecule has 15 heavy (non-hydrogen) atoms. The second-order valence-corrected chi connectivity index (χ2v) is 3.34. The summed E-state index contributed by atoms with van der Waals surface area (Å²) in [6, 6.07) is 0. The van der Waals surface area contributed by atoms with Crippen LogP contribution < -0.4 is 16.4 Å². The molecule has 4 N–H and O–H groups in total. The molecule has 0 spiro atoms. The maximum atomic E-state index is 11.4. The smallest absolute Gasteiger partial charge is 0.224 e. The number of hydrogen-bond acceptors (Lipinski definition) is 3. The van der Waals surface area contributed by atoms with Crippen LogP contribution in [-0.4, -0.2) is 31.4 Å². The highest BCUT2D eigenvalue weighted by molar-refractivity contribution is 5.80. The lowest BCUT2D eigenvalue weighted by molar-refractivity contribution is -0.125. The summed E-state index contributed by atoms with van der Waals surface area (Å²) in [5.74, 6) is -0.248. The highest BCUT2D eigenvalue weighted by atomic mass is 16.2. The molecule has 0 saturated carbocycles. The van der Waals surface area contributed by atoms with Crippen molar-refractivity contribution in [1.29, 1.82) is 0 Å². The molecule has 0 rings (SSSR count). The first-order valence-corrected chi connectivity index (χ1v) is 5.40. The van der Waals surface area contributed by atoms with Gasteiger partial charge in [-0.25, -0.2) is 0 Å². The van der Waals surface area contributed by atoms with Gasteiger partial charge in [0.05, 0.1) is 0 Å². The van der Waals surface area contributed by atoms with Crippen LogP contribution in [-0.2, 0) is 9.59 Å². The molecule has 0 saturated heterocycles. The topological polar surface area (TPSA) is 84.2 Å². The van der Waals surface area contributed by atoms with Crippen LogP contribution in [0.25, 0.3) is 0 Å². The minimum atomic E-state index is -0.140. The van der Waals surface area contributed by atoms with Crippen molar-refractivity contribution in [3.63, 3.8) is 0 Å². The summed E-state index contributed by atoms with van der Waals surface area (Å²) in [4.78, 5) is 22.5. The third kappa shape index (κ3) is 6.06. The Balaban J connectivity index is 3.67. The molecule has 0 aromatic rings. The van der Waals surface area contributed by atoms with Crippen LogP contribution in [0.1, 0.15) is 26.7 Å². The molecule has 0 heterocycles. The quantitative estimate of drug-likeness (QED) is 0.541. The molecule has 0 aliphatic carbocycles. The van der Waals surface area contributed by atoms with E-state index in [-0.39, 0.29) is 17.7 Å². The van der Waals surface area contributed by atoms with Gasteiger partial charge < -0.3 is 16.4 Å². The fourth-order valence-corrected chi connectivity index (χ4v) is 1.19. The summed E-state index contributed by atoms with van der Waals surface area (Å²) in [6.45, 7) is 5.12. The van der Waals surface area contributed by atoms with Crippen LogP contribution in [0.15, 0.2) is 0 Å². The van der Waals surface area contributed by atoms with Crippen molar-refractivity contribution in [2.24, 2.45) is 11.7 Å². The Morgan fingerprint density at radius 2 is 1.93 bits per heavy atom. The van der Waals surface area contributed by atoms with E-state index in [1.807, 2.05) is 13.8 Å². The van der Waals surface area contributed by atoms with E-state index in [2.05, 4.69) is 10.6 Å². The number of rotatable bonds is 7. The van der Waals surface area contributed by atoms with Gasteiger partial charge in [-0.3, -0.25) is 9.59 Å². The summed E-state index contributed by atoms with van der Waals surface area (Å²) in [7, 11) is 0. The SMILES string of the molecule is CCNC(=O)CCNC(=O)C(CC)CN. The van der Waals surface area contributed by atoms with E-state index in [1.54, 1.807) is 0 Å². The number of nitrogens with one attached hydrogen (secondary N) is 2. The van der Waals surface area contributed by atoms with Crippen molar-refractivity contribution >= 4 is 11.8 Å². The average Bonchev–Trinajstić information content (AvgIpc) is 2.20. The lowest BCUT2D eigenvalue weighted by Crippen LogP contribution is -2.37. The van der Waals surface area contributed by atoms with E-state index in [0.717, 1.165) is 6.42 Å². The van der Waals surface area contributed by atoms with Crippen molar-refractivity contribution in [3.05, 3.63) is 0 Å². The van der Waals surface area contributed by atoms with Gasteiger partial charge in [-0.15, -0.1) is 0 Å². The summed E-state index contributed by atoms with van der Waals surface area (Å²) >= 11 is 0. The van der Waals surface area contributed by atoms with Crippen molar-refractivity contribution < 1.29 is 9.59 Å². The fourth-order valence-electron chi connectivity index (χ4n) is 1.19. The Morgan fingerprint density at radius 1 is 1.27 bits per heavy atom. The number of nitrogens with two attached hydrogens (primary N) is 1. The van der Waals surface area contributed by atoms with Crippen molar-refractivity contribution in [3.8, 4) is 0 Å². The summed E-state index contributed by atoms with van der Waals surface area (Å²) in [5, 5.41) is 5.36. The van der Waals surface area contributed by atoms with Crippen LogP contribution in [0.3, 0.4) is 0 Å². The van der Waals surface area contributed by atoms with Gasteiger partial charge >= 0.3 is 0 Å². The maximum absolute atomic E-state index is 11.4. The van der Waals surface area contributed by atoms with Gasteiger partial charge in [0, 0.05) is 32.0 Å². The zero-order valence-corrected chi connectivity index (χ0v) is 9.51. The van der Waals surface area contributed by atoms with E-state index in [1.165, 1.54) is 0 Å². The Hall–Kier alpha value is -1.10. The first-order chi connectivity index (χ1) is 7.15. The molecule has 0 fully saturated rings. The van der Waals surface area contributed by atoms with Crippen LogP contribution in [0, 0.1) is 5.92 Å². The largest absolute Gasteiger partial charge is 0.356 e. The molecule has 2 amide bonds. The van der Waals surface area contributed by atoms with Gasteiger partial charge in [-0.1, -0.05) is 6.92 Å². The van der Waals surface area contributed by atoms with E-state index >= 15 is 0 Å². The first kappa shape index (κ1) is 13.9. The van der Waals surface area contributed by atoms with E-state index in [0.29, 0.717) is 26.1 Å². The van der Waals surface area contributed by atoms with E-state index in [9.17, 15) is 9.59 Å². The lowest BCUT2D eigenvalue weighted by Gasteiger charge is -2.12. The Morgan fingerprint density at radius 3 is 2.40 bits per heavy atom. The maximum Gasteiger partial charge on any atom is 0.224 e. The standard InChI is InChI=1S/C10H21N3O2/c1-3-8(7-11)10(15)13-6-5-9(14)12-4-2/h8H,3-7,11H2,1-2H3,(H,12,14)(H,13,15). The van der Waals surface area contributed by atoms with Gasteiger partial charge in [0.25, 0.3) is 0 Å². The Labute approximate surface area is 90.8 Å². The van der Waals surface area contributed by atoms with Crippen LogP contribution >= 0.6 is 0 Å². The Bertz CT molecular complexity index is 203. The first-order valence-electron chi connectivity index (χ1n) is 5.40. The molecule has 1 atom stereocenters. The third-order valence-corrected chi connectivity index (χ3v) is 2.17. The van der Waals surface area contributed by atoms with Gasteiger partial charge in [0.2, 0.25) is 11.8 Å². The predicted molar refractivity (Wildman–Crippen MR) is 59.1 cm³/mol. The van der Waals surface area contributed by atoms with E-state index in [4.69, 9.17) is 5.73 Å². The molecule has 0 aliphatic heterocycles. The van der Waals surface area contributed by atoms with Crippen molar-refractivity contribution in [1.82, 2.24) is 10.6 Å². The molecule has 0 aromatic carbocycles. The Kier molecular flexibility index (Phi) is 7.62. The number of carbonyl (C=O) groups is 2. The number of carbonyl (C=O) groups excluding carboxylic acids is 2. The van der Waals surface area contributed by atoms with Crippen LogP contribution in [0.5, 0.6) is 0 Å². The van der Waals surface area contributed by atoms with Crippen LogP contribution in [0.4, 0.5) is 0 Å². The molecule has 5 heteroatoms. The normalized spacial score (nSPS) is 11.9. The van der Waals surface area contributed by atoms with Crippen molar-refractivity contribution in [2.45, 2.75) is 26.7 Å². The highest BCUT2D eigenvalue weighted by Crippen LogP contribution is 1.98. The van der Waals surface area contributed by atoms with Crippen LogP contribution in [0.2, 0.25) is 0 Å². The molecule has 88 valence electrons. The number of amides is 2. The highest BCUT2D eigenvalue weighted by Gasteiger charge is 2.13. The zero-order valence-electron chi connectivity index (χ0n) is 9.51. The molecule has 0 aromatic heterocycles. The predicted octanol–water partition coefficient (Wildman–Crippen LogP) is -0.386. The minimum absolute atomic E-state index is 0.0430. The fraction of sp³-hybridized carbons (Fsp3) is 0.800. The third-order valence-electron chi connectivity index (χ3n) is 2.17. The van der Waals surface area contributed by atoms with Gasteiger partial charge in [-0.05, 0) is 13.3 Å². The molecule has 0 radical (unpaired) electrons. The van der Waals surface area contributed by atoms with Crippen molar-refractivity contribution in [2.75, 3.05) is 19.6 Å².